The molecule has 1 unspecified atom stereocenters. The van der Waals surface area contributed by atoms with Crippen molar-refractivity contribution in [1.82, 2.24) is 5.32 Å². The maximum atomic E-state index is 11.9. The number of aliphatic hydroxyl groups is 10. The van der Waals surface area contributed by atoms with E-state index in [0.717, 1.165) is 6.92 Å². The second-order valence-corrected chi connectivity index (χ2v) is 9.07. The summed E-state index contributed by atoms with van der Waals surface area (Å²) in [5.41, 5.74) is 0. The first-order valence-corrected chi connectivity index (χ1v) is 11.6. The third kappa shape index (κ3) is 6.38. The Hall–Kier alpha value is -1.13. The first-order chi connectivity index (χ1) is 17.4. The number of hydrogen-bond donors (Lipinski definition) is 11. The van der Waals surface area contributed by atoms with Crippen molar-refractivity contribution in [2.75, 3.05) is 19.8 Å². The number of nitrogens with one attached hydrogen (secondary N) is 1. The highest BCUT2D eigenvalue weighted by Gasteiger charge is 2.54. The van der Waals surface area contributed by atoms with Crippen LogP contribution in [0.4, 0.5) is 0 Å². The van der Waals surface area contributed by atoms with Crippen LogP contribution >= 0.6 is 0 Å². The smallest absolute Gasteiger partial charge is 0.217 e. The quantitative estimate of drug-likeness (QED) is 0.135. The van der Waals surface area contributed by atoms with Gasteiger partial charge in [-0.05, 0) is 0 Å². The normalized spacial score (nSPS) is 49.0. The van der Waals surface area contributed by atoms with Gasteiger partial charge in [0.1, 0.15) is 73.2 Å². The van der Waals surface area contributed by atoms with E-state index in [4.69, 9.17) is 23.7 Å². The second-order valence-electron chi connectivity index (χ2n) is 9.07. The number of carbonyl (C=O) groups excluding carboxylic acids is 1. The summed E-state index contributed by atoms with van der Waals surface area (Å²) < 4.78 is 27.5. The molecule has 0 aromatic rings. The second kappa shape index (κ2) is 12.8. The van der Waals surface area contributed by atoms with Crippen molar-refractivity contribution in [1.29, 1.82) is 0 Å². The Labute approximate surface area is 210 Å². The molecule has 0 aromatic carbocycles. The zero-order valence-corrected chi connectivity index (χ0v) is 19.7. The first kappa shape index (κ1) is 30.4. The minimum Gasteiger partial charge on any atom is -0.394 e. The van der Waals surface area contributed by atoms with Crippen molar-refractivity contribution in [3.05, 3.63) is 0 Å². The van der Waals surface area contributed by atoms with E-state index in [1.54, 1.807) is 0 Å². The average Bonchev–Trinajstić information content (AvgIpc) is 2.87. The Morgan fingerprint density at radius 2 is 1.08 bits per heavy atom. The van der Waals surface area contributed by atoms with Crippen LogP contribution in [0.5, 0.6) is 0 Å². The molecule has 37 heavy (non-hydrogen) atoms. The lowest BCUT2D eigenvalue weighted by atomic mass is 9.94. The summed E-state index contributed by atoms with van der Waals surface area (Å²) in [4.78, 5) is 11.9. The summed E-state index contributed by atoms with van der Waals surface area (Å²) in [6, 6.07) is -1.47. The van der Waals surface area contributed by atoms with Crippen molar-refractivity contribution in [3.8, 4) is 0 Å². The average molecular weight is 545 g/mol. The van der Waals surface area contributed by atoms with Gasteiger partial charge in [0.05, 0.1) is 19.8 Å². The summed E-state index contributed by atoms with van der Waals surface area (Å²) in [5.74, 6) is -0.677. The Morgan fingerprint density at radius 1 is 0.649 bits per heavy atom. The fourth-order valence-corrected chi connectivity index (χ4v) is 4.45. The van der Waals surface area contributed by atoms with Gasteiger partial charge in [-0.15, -0.1) is 0 Å². The van der Waals surface area contributed by atoms with Crippen LogP contribution in [0.25, 0.3) is 0 Å². The maximum Gasteiger partial charge on any atom is 0.217 e. The summed E-state index contributed by atoms with van der Waals surface area (Å²) in [6.07, 6.45) is -23.5. The molecule has 3 saturated heterocycles. The topological polar surface area (TPSA) is 278 Å². The standard InChI is InChI=1S/C20H35NO16/c1-5(25)21-9-17(37-20-15(31)13(29)11(27)7(3-23)35-20)16(8(4-24)33-18(9)32)36-19-14(30)12(28)10(26)6(2-22)34-19/h6-20,22-24,26-32H,2-4H2,1H3,(H,21,25)/t6-,7-,8-,9-,10-,11-,12+,13+,14-,15-,16-,17-,18?,19+,20+/m1/s1. The molecule has 17 heteroatoms. The number of aliphatic hydroxyl groups excluding tert-OH is 10. The first-order valence-electron chi connectivity index (χ1n) is 11.6. The molecule has 17 nitrogen and oxygen atoms in total. The van der Waals surface area contributed by atoms with E-state index in [1.807, 2.05) is 0 Å². The van der Waals surface area contributed by atoms with E-state index >= 15 is 0 Å². The molecule has 11 N–H and O–H groups in total. The number of ether oxygens (including phenoxy) is 5. The van der Waals surface area contributed by atoms with Crippen LogP contribution in [-0.2, 0) is 28.5 Å². The molecule has 0 radical (unpaired) electrons. The van der Waals surface area contributed by atoms with Crippen LogP contribution in [-0.4, -0.2) is 169 Å². The van der Waals surface area contributed by atoms with Crippen molar-refractivity contribution in [3.63, 3.8) is 0 Å². The Balaban J connectivity index is 1.93. The Morgan fingerprint density at radius 3 is 1.49 bits per heavy atom. The van der Waals surface area contributed by atoms with Gasteiger partial charge in [-0.25, -0.2) is 0 Å². The third-order valence-corrected chi connectivity index (χ3v) is 6.49. The minimum absolute atomic E-state index is 0.677. The molecule has 216 valence electrons. The van der Waals surface area contributed by atoms with Gasteiger partial charge in [0.2, 0.25) is 5.91 Å². The molecule has 3 fully saturated rings. The van der Waals surface area contributed by atoms with Gasteiger partial charge in [-0.2, -0.15) is 0 Å². The van der Waals surface area contributed by atoms with Gasteiger partial charge in [-0.3, -0.25) is 4.79 Å². The van der Waals surface area contributed by atoms with Gasteiger partial charge in [0.25, 0.3) is 0 Å². The molecule has 0 bridgehead atoms. The molecule has 0 spiro atoms. The van der Waals surface area contributed by atoms with Crippen LogP contribution in [0.15, 0.2) is 0 Å². The summed E-state index contributed by atoms with van der Waals surface area (Å²) in [5, 5.41) is 103. The van der Waals surface area contributed by atoms with Crippen LogP contribution in [0.1, 0.15) is 6.92 Å². The van der Waals surface area contributed by atoms with Crippen LogP contribution < -0.4 is 5.32 Å². The molecular weight excluding hydrogens is 510 g/mol. The molecule has 0 aliphatic carbocycles. The van der Waals surface area contributed by atoms with Gasteiger partial charge in [0, 0.05) is 6.92 Å². The van der Waals surface area contributed by atoms with Crippen LogP contribution in [0, 0.1) is 0 Å². The minimum atomic E-state index is -1.89. The summed E-state index contributed by atoms with van der Waals surface area (Å²) in [7, 11) is 0. The number of rotatable bonds is 8. The number of carbonyl (C=O) groups is 1. The number of hydrogen-bond acceptors (Lipinski definition) is 16. The molecule has 3 aliphatic heterocycles. The lowest BCUT2D eigenvalue weighted by Gasteiger charge is -2.49. The van der Waals surface area contributed by atoms with Crippen molar-refractivity contribution < 1.29 is 79.5 Å². The fraction of sp³-hybridized carbons (Fsp3) is 0.950. The lowest BCUT2D eigenvalue weighted by molar-refractivity contribution is -0.372. The van der Waals surface area contributed by atoms with Crippen molar-refractivity contribution >= 4 is 5.91 Å². The van der Waals surface area contributed by atoms with Gasteiger partial charge in [0.15, 0.2) is 18.9 Å². The third-order valence-electron chi connectivity index (χ3n) is 6.49. The molecule has 3 heterocycles. The maximum absolute atomic E-state index is 11.9. The van der Waals surface area contributed by atoms with E-state index in [1.165, 1.54) is 0 Å². The van der Waals surface area contributed by atoms with E-state index in [0.29, 0.717) is 0 Å². The van der Waals surface area contributed by atoms with E-state index in [2.05, 4.69) is 5.32 Å². The fourth-order valence-electron chi connectivity index (χ4n) is 4.45. The zero-order valence-electron chi connectivity index (χ0n) is 19.7. The largest absolute Gasteiger partial charge is 0.394 e. The predicted molar refractivity (Wildman–Crippen MR) is 113 cm³/mol. The van der Waals surface area contributed by atoms with Crippen LogP contribution in [0.2, 0.25) is 0 Å². The van der Waals surface area contributed by atoms with E-state index < -0.39 is 118 Å². The van der Waals surface area contributed by atoms with Crippen molar-refractivity contribution in [2.45, 2.75) is 99.0 Å². The van der Waals surface area contributed by atoms with Crippen molar-refractivity contribution in [2.24, 2.45) is 0 Å². The highest BCUT2D eigenvalue weighted by Crippen LogP contribution is 2.32. The molecule has 15 atom stereocenters. The van der Waals surface area contributed by atoms with Gasteiger partial charge < -0.3 is 80.1 Å². The number of amides is 1. The molecule has 3 rings (SSSR count). The molecule has 0 saturated carbocycles. The Bertz CT molecular complexity index is 743. The van der Waals surface area contributed by atoms with Gasteiger partial charge >= 0.3 is 0 Å². The molecule has 1 amide bonds. The lowest BCUT2D eigenvalue weighted by Crippen LogP contribution is -2.69. The predicted octanol–water partition coefficient (Wildman–Crippen LogP) is -7.43. The summed E-state index contributed by atoms with van der Waals surface area (Å²) >= 11 is 0. The van der Waals surface area contributed by atoms with Gasteiger partial charge in [-0.1, -0.05) is 0 Å². The SMILES string of the molecule is CC(=O)N[C@H]1C(O)O[C@H](CO)[C@@H](O[C@@H]2O[C@H](CO)[C@@H](O)[C@H](O)[C@H]2O)[C@@H]1O[C@@H]1O[C@H](CO)[C@@H](O)[C@H](O)[C@H]1O. The zero-order chi connectivity index (χ0) is 27.6. The summed E-state index contributed by atoms with van der Waals surface area (Å²) in [6.45, 7) is -1.27. The van der Waals surface area contributed by atoms with E-state index in [9.17, 15) is 55.9 Å². The molecule has 0 aromatic heterocycles. The monoisotopic (exact) mass is 545 g/mol. The van der Waals surface area contributed by atoms with E-state index in [-0.39, 0.29) is 0 Å². The Kier molecular flexibility index (Phi) is 10.5. The molecule has 3 aliphatic rings. The highest BCUT2D eigenvalue weighted by molar-refractivity contribution is 5.73. The molecular formula is C20H35NO16. The highest BCUT2D eigenvalue weighted by atomic mass is 16.7. The van der Waals surface area contributed by atoms with Crippen LogP contribution in [0.3, 0.4) is 0 Å².